The molecule has 4 heteroatoms. The normalized spacial score (nSPS) is 23.6. The van der Waals surface area contributed by atoms with Gasteiger partial charge in [0, 0.05) is 24.7 Å². The summed E-state index contributed by atoms with van der Waals surface area (Å²) in [4.78, 5) is 2.61. The summed E-state index contributed by atoms with van der Waals surface area (Å²) in [5, 5.41) is 3.46. The molecule has 0 aromatic heterocycles. The summed E-state index contributed by atoms with van der Waals surface area (Å²) >= 11 is 0. The Balaban J connectivity index is 1.39. The van der Waals surface area contributed by atoms with Crippen LogP contribution in [-0.2, 0) is 6.54 Å². The van der Waals surface area contributed by atoms with Crippen molar-refractivity contribution in [3.63, 3.8) is 0 Å². The van der Waals surface area contributed by atoms with E-state index in [1.807, 2.05) is 0 Å². The number of halogens is 2. The molecule has 1 aliphatic heterocycles. The zero-order valence-electron chi connectivity index (χ0n) is 11.7. The Bertz CT molecular complexity index is 429. The van der Waals surface area contributed by atoms with Gasteiger partial charge in [-0.05, 0) is 43.8 Å². The van der Waals surface area contributed by atoms with Crippen molar-refractivity contribution in [3.05, 3.63) is 35.4 Å². The number of hydrogen-bond acceptors (Lipinski definition) is 2. The molecule has 1 N–H and O–H groups in total. The number of nitrogens with zero attached hydrogens (tertiary/aromatic N) is 1. The Kier molecular flexibility index (Phi) is 4.32. The Hall–Kier alpha value is -1.00. The molecule has 1 unspecified atom stereocenters. The fourth-order valence-corrected chi connectivity index (χ4v) is 3.00. The van der Waals surface area contributed by atoms with Gasteiger partial charge in [0.25, 0.3) is 6.43 Å². The van der Waals surface area contributed by atoms with Gasteiger partial charge in [-0.2, -0.15) is 0 Å². The van der Waals surface area contributed by atoms with E-state index in [0.717, 1.165) is 30.6 Å². The van der Waals surface area contributed by atoms with Gasteiger partial charge in [-0.25, -0.2) is 8.78 Å². The van der Waals surface area contributed by atoms with E-state index in [9.17, 15) is 8.78 Å². The highest BCUT2D eigenvalue weighted by Gasteiger charge is 2.33. The Morgan fingerprint density at radius 1 is 1.15 bits per heavy atom. The minimum absolute atomic E-state index is 0.101. The minimum Gasteiger partial charge on any atom is -0.312 e. The molecule has 1 saturated carbocycles. The fraction of sp³-hybridized carbons (Fsp3) is 0.625. The highest BCUT2D eigenvalue weighted by Crippen LogP contribution is 2.31. The van der Waals surface area contributed by atoms with E-state index in [4.69, 9.17) is 0 Å². The molecule has 0 radical (unpaired) electrons. The lowest BCUT2D eigenvalue weighted by Crippen LogP contribution is -2.27. The molecular formula is C16H22F2N2. The van der Waals surface area contributed by atoms with Crippen LogP contribution >= 0.6 is 0 Å². The van der Waals surface area contributed by atoms with Crippen molar-refractivity contribution in [2.75, 3.05) is 19.6 Å². The maximum atomic E-state index is 12.4. The third kappa shape index (κ3) is 3.55. The first-order chi connectivity index (χ1) is 9.72. The van der Waals surface area contributed by atoms with Crippen LogP contribution in [0.4, 0.5) is 8.78 Å². The highest BCUT2D eigenvalue weighted by molar-refractivity contribution is 5.23. The average Bonchev–Trinajstić information content (AvgIpc) is 3.20. The molecule has 1 aliphatic carbocycles. The molecule has 2 aliphatic rings. The number of likely N-dealkylation sites (tertiary alicyclic amines) is 1. The standard InChI is InChI=1S/C16H22F2N2/c17-16(18)14-3-1-12(2-4-14)9-19-10-13-7-8-20(11-13)15-5-6-15/h1-4,13,15-16,19H,5-11H2. The molecule has 1 aromatic rings. The predicted molar refractivity (Wildman–Crippen MR) is 75.8 cm³/mol. The molecule has 1 heterocycles. The molecule has 2 fully saturated rings. The monoisotopic (exact) mass is 280 g/mol. The summed E-state index contributed by atoms with van der Waals surface area (Å²) in [6.45, 7) is 4.27. The third-order valence-corrected chi connectivity index (χ3v) is 4.37. The second-order valence-electron chi connectivity index (χ2n) is 6.05. The molecule has 0 amide bonds. The second-order valence-corrected chi connectivity index (χ2v) is 6.05. The SMILES string of the molecule is FC(F)c1ccc(CNCC2CCN(C3CC3)C2)cc1. The maximum Gasteiger partial charge on any atom is 0.263 e. The molecule has 110 valence electrons. The molecule has 0 spiro atoms. The Labute approximate surface area is 119 Å². The van der Waals surface area contributed by atoms with Gasteiger partial charge in [-0.15, -0.1) is 0 Å². The Morgan fingerprint density at radius 3 is 2.55 bits per heavy atom. The molecule has 2 nitrogen and oxygen atoms in total. The molecule has 1 saturated heterocycles. The smallest absolute Gasteiger partial charge is 0.263 e. The van der Waals surface area contributed by atoms with Gasteiger partial charge in [0.1, 0.15) is 0 Å². The first-order valence-electron chi connectivity index (χ1n) is 7.54. The predicted octanol–water partition coefficient (Wildman–Crippen LogP) is 3.20. The quantitative estimate of drug-likeness (QED) is 0.861. The van der Waals surface area contributed by atoms with E-state index in [1.165, 1.54) is 44.5 Å². The van der Waals surface area contributed by atoms with Crippen molar-refractivity contribution in [1.82, 2.24) is 10.2 Å². The van der Waals surface area contributed by atoms with Crippen molar-refractivity contribution in [2.24, 2.45) is 5.92 Å². The van der Waals surface area contributed by atoms with Crippen LogP contribution in [0.1, 0.15) is 36.8 Å². The van der Waals surface area contributed by atoms with Gasteiger partial charge < -0.3 is 10.2 Å². The average molecular weight is 280 g/mol. The van der Waals surface area contributed by atoms with Crippen molar-refractivity contribution in [3.8, 4) is 0 Å². The van der Waals surface area contributed by atoms with Gasteiger partial charge in [0.05, 0.1) is 0 Å². The lowest BCUT2D eigenvalue weighted by atomic mass is 10.1. The lowest BCUT2D eigenvalue weighted by Gasteiger charge is -2.15. The van der Waals surface area contributed by atoms with Gasteiger partial charge >= 0.3 is 0 Å². The second kappa shape index (κ2) is 6.19. The number of benzene rings is 1. The van der Waals surface area contributed by atoms with Crippen molar-refractivity contribution >= 4 is 0 Å². The van der Waals surface area contributed by atoms with E-state index < -0.39 is 6.43 Å². The number of hydrogen-bond donors (Lipinski definition) is 1. The molecule has 1 aromatic carbocycles. The summed E-state index contributed by atoms with van der Waals surface area (Å²) in [5.41, 5.74) is 1.18. The lowest BCUT2D eigenvalue weighted by molar-refractivity contribution is 0.151. The fourth-order valence-electron chi connectivity index (χ4n) is 3.00. The molecular weight excluding hydrogens is 258 g/mol. The first kappa shape index (κ1) is 14.0. The van der Waals surface area contributed by atoms with Crippen LogP contribution in [0.25, 0.3) is 0 Å². The number of alkyl halides is 2. The van der Waals surface area contributed by atoms with Gasteiger partial charge in [-0.1, -0.05) is 24.3 Å². The molecule has 1 atom stereocenters. The van der Waals surface area contributed by atoms with Crippen LogP contribution in [0.3, 0.4) is 0 Å². The molecule has 3 rings (SSSR count). The van der Waals surface area contributed by atoms with Gasteiger partial charge in [0.15, 0.2) is 0 Å². The summed E-state index contributed by atoms with van der Waals surface area (Å²) in [6, 6.07) is 7.50. The van der Waals surface area contributed by atoms with Crippen LogP contribution in [0, 0.1) is 5.92 Å². The van der Waals surface area contributed by atoms with Crippen LogP contribution in [0.2, 0.25) is 0 Å². The summed E-state index contributed by atoms with van der Waals surface area (Å²) in [5.74, 6) is 0.746. The van der Waals surface area contributed by atoms with Crippen LogP contribution in [0.5, 0.6) is 0 Å². The third-order valence-electron chi connectivity index (χ3n) is 4.37. The summed E-state index contributed by atoms with van der Waals surface area (Å²) < 4.78 is 24.9. The highest BCUT2D eigenvalue weighted by atomic mass is 19.3. The summed E-state index contributed by atoms with van der Waals surface area (Å²) in [6.07, 6.45) is 1.69. The van der Waals surface area contributed by atoms with Gasteiger partial charge in [-0.3, -0.25) is 0 Å². The maximum absolute atomic E-state index is 12.4. The van der Waals surface area contributed by atoms with Gasteiger partial charge in [0.2, 0.25) is 0 Å². The van der Waals surface area contributed by atoms with E-state index in [2.05, 4.69) is 10.2 Å². The van der Waals surface area contributed by atoms with E-state index in [-0.39, 0.29) is 5.56 Å². The van der Waals surface area contributed by atoms with Crippen LogP contribution < -0.4 is 5.32 Å². The van der Waals surface area contributed by atoms with Crippen LogP contribution in [0.15, 0.2) is 24.3 Å². The topological polar surface area (TPSA) is 15.3 Å². The molecule has 20 heavy (non-hydrogen) atoms. The zero-order chi connectivity index (χ0) is 13.9. The summed E-state index contributed by atoms with van der Waals surface area (Å²) in [7, 11) is 0. The van der Waals surface area contributed by atoms with Crippen molar-refractivity contribution in [1.29, 1.82) is 0 Å². The molecule has 0 bridgehead atoms. The van der Waals surface area contributed by atoms with E-state index in [1.54, 1.807) is 12.1 Å². The zero-order valence-corrected chi connectivity index (χ0v) is 11.7. The first-order valence-corrected chi connectivity index (χ1v) is 7.54. The minimum atomic E-state index is -2.37. The number of rotatable bonds is 6. The van der Waals surface area contributed by atoms with Crippen LogP contribution in [-0.4, -0.2) is 30.6 Å². The largest absolute Gasteiger partial charge is 0.312 e. The van der Waals surface area contributed by atoms with Crippen molar-refractivity contribution < 1.29 is 8.78 Å². The Morgan fingerprint density at radius 2 is 1.90 bits per heavy atom. The van der Waals surface area contributed by atoms with E-state index in [0.29, 0.717) is 0 Å². The van der Waals surface area contributed by atoms with Crippen molar-refractivity contribution in [2.45, 2.75) is 38.3 Å². The van der Waals surface area contributed by atoms with E-state index >= 15 is 0 Å². The number of nitrogens with one attached hydrogen (secondary N) is 1.